The first-order valence-electron chi connectivity index (χ1n) is 10.2. The van der Waals surface area contributed by atoms with Crippen LogP contribution in [0, 0.1) is 0 Å². The van der Waals surface area contributed by atoms with Crippen molar-refractivity contribution in [1.29, 1.82) is 0 Å². The second-order valence-electron chi connectivity index (χ2n) is 7.45. The lowest BCUT2D eigenvalue weighted by Crippen LogP contribution is -2.36. The Morgan fingerprint density at radius 3 is 2.69 bits per heavy atom. The third-order valence-electron chi connectivity index (χ3n) is 5.23. The first kappa shape index (κ1) is 20.9. The Hall–Kier alpha value is -2.83. The average Bonchev–Trinajstić information content (AvgIpc) is 2.70. The van der Waals surface area contributed by atoms with Crippen molar-refractivity contribution in [3.8, 4) is 5.75 Å². The van der Waals surface area contributed by atoms with Crippen LogP contribution in [0.1, 0.15) is 56.6 Å². The minimum atomic E-state index is -1.05. The van der Waals surface area contributed by atoms with Gasteiger partial charge in [-0.05, 0) is 69.6 Å². The quantitative estimate of drug-likeness (QED) is 0.508. The molecule has 1 aromatic heterocycles. The number of aryl methyl sites for hydroxylation is 1. The highest BCUT2D eigenvalue weighted by atomic mass is 16.5. The minimum absolute atomic E-state index is 0.0365. The Morgan fingerprint density at radius 2 is 1.93 bits per heavy atom. The van der Waals surface area contributed by atoms with Crippen LogP contribution in [0.2, 0.25) is 0 Å². The second kappa shape index (κ2) is 9.58. The molecule has 3 rings (SSSR count). The summed E-state index contributed by atoms with van der Waals surface area (Å²) in [6, 6.07) is 5.34. The zero-order valence-corrected chi connectivity index (χ0v) is 16.6. The number of fused-ring (bicyclic) bond motifs is 3. The maximum absolute atomic E-state index is 12.2. The van der Waals surface area contributed by atoms with E-state index in [1.165, 1.54) is 0 Å². The fraction of sp³-hybridized carbons (Fsp3) is 0.500. The SMILES string of the molecule is C[C@H](Oc1ccc2c3c(c(=O)oc2c1)CCCC3)C(=O)NCCCCCC(=O)[O-]. The molecular formula is C22H26NO6-. The molecule has 0 unspecified atom stereocenters. The third kappa shape index (κ3) is 5.37. The number of hydrogen-bond donors (Lipinski definition) is 1. The van der Waals surface area contributed by atoms with Gasteiger partial charge in [0.05, 0.1) is 0 Å². The number of benzene rings is 1. The van der Waals surface area contributed by atoms with Gasteiger partial charge in [0.15, 0.2) is 6.10 Å². The van der Waals surface area contributed by atoms with E-state index in [2.05, 4.69) is 5.32 Å². The van der Waals surface area contributed by atoms with E-state index in [0.29, 0.717) is 37.1 Å². The number of unbranched alkanes of at least 4 members (excludes halogenated alkanes) is 2. The summed E-state index contributed by atoms with van der Waals surface area (Å²) in [5.74, 6) is -0.840. The predicted molar refractivity (Wildman–Crippen MR) is 106 cm³/mol. The van der Waals surface area contributed by atoms with Crippen LogP contribution >= 0.6 is 0 Å². The Morgan fingerprint density at radius 1 is 1.17 bits per heavy atom. The molecule has 1 aromatic carbocycles. The molecule has 1 amide bonds. The van der Waals surface area contributed by atoms with E-state index >= 15 is 0 Å². The van der Waals surface area contributed by atoms with E-state index < -0.39 is 12.1 Å². The smallest absolute Gasteiger partial charge is 0.339 e. The summed E-state index contributed by atoms with van der Waals surface area (Å²) < 4.78 is 11.2. The third-order valence-corrected chi connectivity index (χ3v) is 5.23. The summed E-state index contributed by atoms with van der Waals surface area (Å²) in [4.78, 5) is 34.8. The van der Waals surface area contributed by atoms with Crippen molar-refractivity contribution in [2.45, 2.75) is 64.4 Å². The van der Waals surface area contributed by atoms with Crippen molar-refractivity contribution in [3.63, 3.8) is 0 Å². The highest BCUT2D eigenvalue weighted by molar-refractivity contribution is 5.83. The first-order chi connectivity index (χ1) is 14.0. The Labute approximate surface area is 169 Å². The molecule has 0 bridgehead atoms. The zero-order chi connectivity index (χ0) is 20.8. The minimum Gasteiger partial charge on any atom is -0.550 e. The number of carboxylic acids is 1. The summed E-state index contributed by atoms with van der Waals surface area (Å²) in [6.45, 7) is 2.11. The van der Waals surface area contributed by atoms with Crippen LogP contribution in [-0.2, 0) is 22.4 Å². The number of carboxylic acid groups (broad SMARTS) is 1. The van der Waals surface area contributed by atoms with Crippen molar-refractivity contribution < 1.29 is 23.8 Å². The molecule has 2 aromatic rings. The zero-order valence-electron chi connectivity index (χ0n) is 16.6. The monoisotopic (exact) mass is 400 g/mol. The van der Waals surface area contributed by atoms with Gasteiger partial charge in [0.25, 0.3) is 5.91 Å². The molecule has 1 N–H and O–H groups in total. The van der Waals surface area contributed by atoms with Gasteiger partial charge in [-0.2, -0.15) is 0 Å². The molecule has 1 aliphatic rings. The number of hydrogen-bond acceptors (Lipinski definition) is 6. The van der Waals surface area contributed by atoms with E-state index in [1.54, 1.807) is 19.1 Å². The van der Waals surface area contributed by atoms with Crippen LogP contribution < -0.4 is 20.8 Å². The maximum atomic E-state index is 12.2. The van der Waals surface area contributed by atoms with E-state index in [1.807, 2.05) is 6.07 Å². The summed E-state index contributed by atoms with van der Waals surface area (Å²) in [5.41, 5.74) is 2.05. The van der Waals surface area contributed by atoms with Gasteiger partial charge >= 0.3 is 5.63 Å². The van der Waals surface area contributed by atoms with Gasteiger partial charge in [0.1, 0.15) is 11.3 Å². The molecular weight excluding hydrogens is 374 g/mol. The van der Waals surface area contributed by atoms with Crippen LogP contribution in [0.4, 0.5) is 0 Å². The number of aliphatic carboxylic acids is 1. The largest absolute Gasteiger partial charge is 0.550 e. The molecule has 7 heteroatoms. The number of ether oxygens (including phenoxy) is 1. The summed E-state index contributed by atoms with van der Waals surface area (Å²) in [7, 11) is 0. The van der Waals surface area contributed by atoms with Crippen molar-refractivity contribution in [1.82, 2.24) is 5.32 Å². The summed E-state index contributed by atoms with van der Waals surface area (Å²) >= 11 is 0. The van der Waals surface area contributed by atoms with Gasteiger partial charge in [-0.3, -0.25) is 4.79 Å². The molecule has 1 aliphatic carbocycles. The molecule has 0 radical (unpaired) electrons. The fourth-order valence-corrected chi connectivity index (χ4v) is 3.68. The van der Waals surface area contributed by atoms with Gasteiger partial charge in [0, 0.05) is 29.5 Å². The lowest BCUT2D eigenvalue weighted by molar-refractivity contribution is -0.305. The number of rotatable bonds is 9. The number of carbonyl (C=O) groups is 2. The lowest BCUT2D eigenvalue weighted by Gasteiger charge is -2.18. The number of nitrogens with one attached hydrogen (secondary N) is 1. The van der Waals surface area contributed by atoms with Gasteiger partial charge < -0.3 is 24.4 Å². The topological polar surface area (TPSA) is 109 Å². The van der Waals surface area contributed by atoms with Crippen molar-refractivity contribution in [2.75, 3.05) is 6.54 Å². The first-order valence-corrected chi connectivity index (χ1v) is 10.2. The molecule has 156 valence electrons. The lowest BCUT2D eigenvalue weighted by atomic mass is 9.91. The number of carbonyl (C=O) groups excluding carboxylic acids is 2. The molecule has 1 atom stereocenters. The predicted octanol–water partition coefficient (Wildman–Crippen LogP) is 1.87. The molecule has 0 aliphatic heterocycles. The van der Waals surface area contributed by atoms with Crippen molar-refractivity contribution >= 4 is 22.8 Å². The van der Waals surface area contributed by atoms with Crippen LogP contribution in [0.3, 0.4) is 0 Å². The average molecular weight is 400 g/mol. The van der Waals surface area contributed by atoms with Crippen LogP contribution in [-0.4, -0.2) is 24.5 Å². The molecule has 0 spiro atoms. The van der Waals surface area contributed by atoms with Crippen LogP contribution in [0.5, 0.6) is 5.75 Å². The van der Waals surface area contributed by atoms with Crippen LogP contribution in [0.15, 0.2) is 27.4 Å². The van der Waals surface area contributed by atoms with Crippen molar-refractivity contribution in [3.05, 3.63) is 39.7 Å². The van der Waals surface area contributed by atoms with Gasteiger partial charge in [0.2, 0.25) is 0 Å². The normalized spacial score (nSPS) is 14.2. The highest BCUT2D eigenvalue weighted by Crippen LogP contribution is 2.29. The highest BCUT2D eigenvalue weighted by Gasteiger charge is 2.19. The van der Waals surface area contributed by atoms with E-state index in [4.69, 9.17) is 9.15 Å². The van der Waals surface area contributed by atoms with Gasteiger partial charge in [-0.25, -0.2) is 4.79 Å². The fourth-order valence-electron chi connectivity index (χ4n) is 3.68. The van der Waals surface area contributed by atoms with Gasteiger partial charge in [-0.15, -0.1) is 0 Å². The van der Waals surface area contributed by atoms with Gasteiger partial charge in [-0.1, -0.05) is 6.42 Å². The Bertz CT molecular complexity index is 948. The molecule has 0 saturated carbocycles. The van der Waals surface area contributed by atoms with E-state index in [9.17, 15) is 19.5 Å². The molecule has 0 saturated heterocycles. The Balaban J connectivity index is 1.57. The molecule has 1 heterocycles. The molecule has 29 heavy (non-hydrogen) atoms. The van der Waals surface area contributed by atoms with Crippen LogP contribution in [0.25, 0.3) is 11.0 Å². The standard InChI is InChI=1S/C22H27NO6/c1-14(21(26)23-12-6-2-3-9-20(24)25)28-15-10-11-17-16-7-4-5-8-18(16)22(27)29-19(17)13-15/h10-11,13-14H,2-9,12H2,1H3,(H,23,26)(H,24,25)/p-1/t14-/m0/s1. The summed E-state index contributed by atoms with van der Waals surface area (Å²) in [6.07, 6.45) is 4.97. The second-order valence-corrected chi connectivity index (χ2v) is 7.45. The van der Waals surface area contributed by atoms with Crippen molar-refractivity contribution in [2.24, 2.45) is 0 Å². The number of amides is 1. The summed E-state index contributed by atoms with van der Waals surface area (Å²) in [5, 5.41) is 14.1. The maximum Gasteiger partial charge on any atom is 0.339 e. The van der Waals surface area contributed by atoms with E-state index in [0.717, 1.165) is 42.2 Å². The molecule has 7 nitrogen and oxygen atoms in total. The molecule has 0 fully saturated rings. The Kier molecular flexibility index (Phi) is 6.90. The van der Waals surface area contributed by atoms with E-state index in [-0.39, 0.29) is 18.0 Å².